The highest BCUT2D eigenvalue weighted by Gasteiger charge is 2.38. The topological polar surface area (TPSA) is 80.8 Å². The Morgan fingerprint density at radius 1 is 0.844 bits per heavy atom. The maximum Gasteiger partial charge on any atom is 0.338 e. The minimum absolute atomic E-state index is 0.0413. The molecule has 7 heteroatoms. The predicted molar refractivity (Wildman–Crippen MR) is 115 cm³/mol. The van der Waals surface area contributed by atoms with Crippen LogP contribution in [0.25, 0.3) is 0 Å². The molecular formula is C25H18FNO5. The van der Waals surface area contributed by atoms with E-state index in [0.29, 0.717) is 5.69 Å². The van der Waals surface area contributed by atoms with Crippen molar-refractivity contribution in [2.45, 2.75) is 13.8 Å². The van der Waals surface area contributed by atoms with Crippen LogP contribution in [0.1, 0.15) is 52.6 Å². The number of esters is 1. The monoisotopic (exact) mass is 431 g/mol. The van der Waals surface area contributed by atoms with E-state index in [1.807, 2.05) is 19.1 Å². The van der Waals surface area contributed by atoms with E-state index in [2.05, 4.69) is 0 Å². The number of Topliss-reactive ketones (excluding diaryl/α,β-unsaturated/α-hetero) is 1. The fourth-order valence-electron chi connectivity index (χ4n) is 3.48. The first-order valence-corrected chi connectivity index (χ1v) is 9.82. The molecule has 2 amide bonds. The summed E-state index contributed by atoms with van der Waals surface area (Å²) in [5.74, 6) is -2.78. The Kier molecular flexibility index (Phi) is 5.40. The summed E-state index contributed by atoms with van der Waals surface area (Å²) < 4.78 is 18.0. The number of halogens is 1. The van der Waals surface area contributed by atoms with E-state index in [4.69, 9.17) is 4.74 Å². The second-order valence-corrected chi connectivity index (χ2v) is 7.50. The smallest absolute Gasteiger partial charge is 0.338 e. The fourth-order valence-corrected chi connectivity index (χ4v) is 3.48. The Labute approximate surface area is 183 Å². The van der Waals surface area contributed by atoms with Gasteiger partial charge in [0.25, 0.3) is 11.8 Å². The van der Waals surface area contributed by atoms with Crippen LogP contribution in [0.15, 0.2) is 60.7 Å². The van der Waals surface area contributed by atoms with Gasteiger partial charge in [0, 0.05) is 5.56 Å². The number of nitrogens with zero attached hydrogens (tertiary/aromatic N) is 1. The van der Waals surface area contributed by atoms with Gasteiger partial charge < -0.3 is 4.74 Å². The van der Waals surface area contributed by atoms with Crippen molar-refractivity contribution in [2.75, 3.05) is 11.5 Å². The van der Waals surface area contributed by atoms with Crippen molar-refractivity contribution >= 4 is 29.3 Å². The molecule has 0 fully saturated rings. The third-order valence-corrected chi connectivity index (χ3v) is 5.23. The molecule has 0 spiro atoms. The van der Waals surface area contributed by atoms with Gasteiger partial charge in [0.1, 0.15) is 5.82 Å². The molecule has 0 saturated heterocycles. The molecule has 6 nitrogen and oxygen atoms in total. The van der Waals surface area contributed by atoms with E-state index in [1.54, 1.807) is 13.0 Å². The molecule has 0 N–H and O–H groups in total. The van der Waals surface area contributed by atoms with Crippen LogP contribution >= 0.6 is 0 Å². The van der Waals surface area contributed by atoms with Crippen LogP contribution in [-0.2, 0) is 4.74 Å². The third kappa shape index (κ3) is 3.80. The highest BCUT2D eigenvalue weighted by molar-refractivity contribution is 6.35. The molecule has 4 rings (SSSR count). The second kappa shape index (κ2) is 8.19. The Morgan fingerprint density at radius 3 is 2.22 bits per heavy atom. The minimum atomic E-state index is -0.811. The number of hydrogen-bond acceptors (Lipinski definition) is 5. The van der Waals surface area contributed by atoms with E-state index in [0.717, 1.165) is 28.2 Å². The summed E-state index contributed by atoms with van der Waals surface area (Å²) in [6.07, 6.45) is 0. The summed E-state index contributed by atoms with van der Waals surface area (Å²) >= 11 is 0. The lowest BCUT2D eigenvalue weighted by Gasteiger charge is -2.17. The quantitative estimate of drug-likeness (QED) is 0.342. The maximum absolute atomic E-state index is 13.0. The maximum atomic E-state index is 13.0. The van der Waals surface area contributed by atoms with Gasteiger partial charge in [0.05, 0.1) is 22.4 Å². The van der Waals surface area contributed by atoms with E-state index < -0.39 is 36.0 Å². The van der Waals surface area contributed by atoms with Crippen molar-refractivity contribution in [1.29, 1.82) is 0 Å². The summed E-state index contributed by atoms with van der Waals surface area (Å²) in [4.78, 5) is 51.5. The zero-order valence-electron chi connectivity index (χ0n) is 17.3. The summed E-state index contributed by atoms with van der Waals surface area (Å²) in [5.41, 5.74) is 2.69. The van der Waals surface area contributed by atoms with Crippen molar-refractivity contribution in [3.05, 3.63) is 99.9 Å². The lowest BCUT2D eigenvalue weighted by molar-refractivity contribution is 0.0474. The SMILES string of the molecule is Cc1ccc(C)c(N2C(=O)c3ccc(C(=O)OCC(=O)c4ccc(F)cc4)cc3C2=O)c1. The zero-order chi connectivity index (χ0) is 23.0. The predicted octanol–water partition coefficient (Wildman–Crippen LogP) is 4.28. The van der Waals surface area contributed by atoms with Gasteiger partial charge in [-0.2, -0.15) is 0 Å². The number of anilines is 1. The van der Waals surface area contributed by atoms with Crippen LogP contribution in [0, 0.1) is 19.7 Å². The average Bonchev–Trinajstić information content (AvgIpc) is 3.03. The molecule has 1 heterocycles. The number of imide groups is 1. The van der Waals surface area contributed by atoms with Crippen LogP contribution in [0.4, 0.5) is 10.1 Å². The lowest BCUT2D eigenvalue weighted by atomic mass is 10.1. The van der Waals surface area contributed by atoms with Crippen LogP contribution in [-0.4, -0.2) is 30.2 Å². The molecule has 1 aliphatic heterocycles. The van der Waals surface area contributed by atoms with Gasteiger partial charge in [-0.15, -0.1) is 0 Å². The Balaban J connectivity index is 1.53. The van der Waals surface area contributed by atoms with Gasteiger partial charge in [0.2, 0.25) is 0 Å². The molecular weight excluding hydrogens is 413 g/mol. The summed E-state index contributed by atoms with van der Waals surface area (Å²) in [7, 11) is 0. The van der Waals surface area contributed by atoms with Crippen LogP contribution in [0.2, 0.25) is 0 Å². The number of carbonyl (C=O) groups is 4. The average molecular weight is 431 g/mol. The number of ether oxygens (including phenoxy) is 1. The Morgan fingerprint density at radius 2 is 1.50 bits per heavy atom. The number of ketones is 1. The first kappa shape index (κ1) is 21.1. The lowest BCUT2D eigenvalue weighted by Crippen LogP contribution is -2.30. The van der Waals surface area contributed by atoms with Gasteiger partial charge >= 0.3 is 5.97 Å². The zero-order valence-corrected chi connectivity index (χ0v) is 17.3. The number of amides is 2. The van der Waals surface area contributed by atoms with E-state index in [-0.39, 0.29) is 22.3 Å². The van der Waals surface area contributed by atoms with Gasteiger partial charge in [-0.05, 0) is 73.5 Å². The normalized spacial score (nSPS) is 12.7. The molecule has 32 heavy (non-hydrogen) atoms. The molecule has 160 valence electrons. The van der Waals surface area contributed by atoms with Crippen molar-refractivity contribution in [2.24, 2.45) is 0 Å². The van der Waals surface area contributed by atoms with Gasteiger partial charge in [-0.3, -0.25) is 14.4 Å². The second-order valence-electron chi connectivity index (χ2n) is 7.50. The molecule has 0 saturated carbocycles. The van der Waals surface area contributed by atoms with Crippen molar-refractivity contribution in [1.82, 2.24) is 0 Å². The largest absolute Gasteiger partial charge is 0.454 e. The summed E-state index contributed by atoms with van der Waals surface area (Å²) in [5, 5.41) is 0. The Bertz CT molecular complexity index is 1280. The van der Waals surface area contributed by atoms with Crippen LogP contribution in [0.3, 0.4) is 0 Å². The van der Waals surface area contributed by atoms with Crippen molar-refractivity contribution in [3.63, 3.8) is 0 Å². The number of hydrogen-bond donors (Lipinski definition) is 0. The number of fused-ring (bicyclic) bond motifs is 1. The third-order valence-electron chi connectivity index (χ3n) is 5.23. The highest BCUT2D eigenvalue weighted by Crippen LogP contribution is 2.31. The molecule has 0 radical (unpaired) electrons. The van der Waals surface area contributed by atoms with Gasteiger partial charge in [-0.25, -0.2) is 14.1 Å². The molecule has 0 aromatic heterocycles. The first-order valence-electron chi connectivity index (χ1n) is 9.82. The molecule has 3 aromatic carbocycles. The number of carbonyl (C=O) groups excluding carboxylic acids is 4. The molecule has 3 aromatic rings. The molecule has 0 unspecified atom stereocenters. The number of rotatable bonds is 5. The number of benzene rings is 3. The Hall–Kier alpha value is -4.13. The molecule has 0 aliphatic carbocycles. The van der Waals surface area contributed by atoms with Crippen molar-refractivity contribution in [3.8, 4) is 0 Å². The first-order chi connectivity index (χ1) is 15.3. The van der Waals surface area contributed by atoms with E-state index in [9.17, 15) is 23.6 Å². The summed E-state index contributed by atoms with van der Waals surface area (Å²) in [6.45, 7) is 3.13. The van der Waals surface area contributed by atoms with Crippen LogP contribution < -0.4 is 4.90 Å². The standard InChI is InChI=1S/C25H18FNO5/c1-14-3-4-15(2)21(11-14)27-23(29)19-10-7-17(12-20(19)24(27)30)25(31)32-13-22(28)16-5-8-18(26)9-6-16/h3-12H,13H2,1-2H3. The van der Waals surface area contributed by atoms with Gasteiger partial charge in [0.15, 0.2) is 12.4 Å². The number of aryl methyl sites for hydroxylation is 2. The van der Waals surface area contributed by atoms with Crippen molar-refractivity contribution < 1.29 is 28.3 Å². The molecule has 0 bridgehead atoms. The van der Waals surface area contributed by atoms with E-state index >= 15 is 0 Å². The summed E-state index contributed by atoms with van der Waals surface area (Å²) in [6, 6.07) is 14.4. The van der Waals surface area contributed by atoms with Gasteiger partial charge in [-0.1, -0.05) is 12.1 Å². The molecule has 1 aliphatic rings. The minimum Gasteiger partial charge on any atom is -0.454 e. The van der Waals surface area contributed by atoms with E-state index in [1.165, 1.54) is 30.3 Å². The fraction of sp³-hybridized carbons (Fsp3) is 0.120. The highest BCUT2D eigenvalue weighted by atomic mass is 19.1. The molecule has 0 atom stereocenters. The van der Waals surface area contributed by atoms with Crippen LogP contribution in [0.5, 0.6) is 0 Å².